The zero-order valence-electron chi connectivity index (χ0n) is 12.3. The predicted octanol–water partition coefficient (Wildman–Crippen LogP) is 3.66. The van der Waals surface area contributed by atoms with E-state index < -0.39 is 11.6 Å². The Balaban J connectivity index is 2.20. The number of H-pyrrole nitrogens is 1. The first-order valence-corrected chi connectivity index (χ1v) is 6.74. The molecule has 0 saturated heterocycles. The van der Waals surface area contributed by atoms with E-state index in [-0.39, 0.29) is 17.4 Å². The summed E-state index contributed by atoms with van der Waals surface area (Å²) >= 11 is 0. The number of nitrogens with zero attached hydrogens (tertiary/aromatic N) is 1. The molecular formula is C15H16F2N6. The minimum absolute atomic E-state index is 0.0793. The largest absolute Gasteiger partial charge is 0.382 e. The van der Waals surface area contributed by atoms with Gasteiger partial charge in [-0.3, -0.25) is 5.41 Å². The van der Waals surface area contributed by atoms with Crippen LogP contribution in [0.1, 0.15) is 24.2 Å². The topological polar surface area (TPSA) is 114 Å². The second-order valence-electron chi connectivity index (χ2n) is 4.91. The quantitative estimate of drug-likeness (QED) is 0.318. The average molecular weight is 318 g/mol. The van der Waals surface area contributed by atoms with Gasteiger partial charge in [0.15, 0.2) is 0 Å². The van der Waals surface area contributed by atoms with E-state index in [1.807, 2.05) is 0 Å². The van der Waals surface area contributed by atoms with E-state index in [2.05, 4.69) is 15.4 Å². The molecule has 6 N–H and O–H groups in total. The normalized spacial score (nSPS) is 12.7. The van der Waals surface area contributed by atoms with Crippen molar-refractivity contribution in [3.8, 4) is 0 Å². The summed E-state index contributed by atoms with van der Waals surface area (Å²) in [6, 6.07) is 6.54. The molecule has 23 heavy (non-hydrogen) atoms. The van der Waals surface area contributed by atoms with E-state index in [0.717, 1.165) is 12.1 Å². The summed E-state index contributed by atoms with van der Waals surface area (Å²) in [5.41, 5.74) is 14.2. The van der Waals surface area contributed by atoms with Crippen molar-refractivity contribution in [2.45, 2.75) is 12.8 Å². The standard InChI is InChI=1S/C15H16F2N6/c1-8(11-4-5-13(22-11)15(18)19)14(23-20)7-21-12-3-2-9(16)6-10(12)17/h2-8,20-22H,1H3,(H3,18,19)/b14-7-,23-20?. The van der Waals surface area contributed by atoms with Crippen LogP contribution in [0.3, 0.4) is 0 Å². The Labute approximate surface area is 131 Å². The minimum atomic E-state index is -0.739. The summed E-state index contributed by atoms with van der Waals surface area (Å²) in [4.78, 5) is 2.96. The number of nitrogens with two attached hydrogens (primary N) is 1. The molecule has 6 nitrogen and oxygen atoms in total. The number of anilines is 1. The molecule has 0 aliphatic carbocycles. The molecule has 0 bridgehead atoms. The molecule has 0 amide bonds. The Hall–Kier alpha value is -3.03. The Morgan fingerprint density at radius 1 is 1.35 bits per heavy atom. The maximum absolute atomic E-state index is 13.6. The van der Waals surface area contributed by atoms with Crippen LogP contribution in [0, 0.1) is 22.6 Å². The molecule has 0 aliphatic heterocycles. The molecular weight excluding hydrogens is 302 g/mol. The molecule has 8 heteroatoms. The molecule has 0 spiro atoms. The highest BCUT2D eigenvalue weighted by Gasteiger charge is 2.14. The van der Waals surface area contributed by atoms with E-state index >= 15 is 0 Å². The summed E-state index contributed by atoms with van der Waals surface area (Å²) in [5.74, 6) is -1.81. The van der Waals surface area contributed by atoms with Crippen LogP contribution in [0.5, 0.6) is 0 Å². The van der Waals surface area contributed by atoms with Crippen LogP contribution < -0.4 is 11.1 Å². The third-order valence-corrected chi connectivity index (χ3v) is 3.34. The van der Waals surface area contributed by atoms with Gasteiger partial charge in [0, 0.05) is 23.9 Å². The number of hydrogen-bond donors (Lipinski definition) is 5. The van der Waals surface area contributed by atoms with Crippen molar-refractivity contribution in [1.82, 2.24) is 4.98 Å². The first-order chi connectivity index (χ1) is 10.9. The van der Waals surface area contributed by atoms with Gasteiger partial charge >= 0.3 is 0 Å². The molecule has 2 rings (SSSR count). The number of nitrogens with one attached hydrogen (secondary N) is 4. The summed E-state index contributed by atoms with van der Waals surface area (Å²) in [7, 11) is 0. The number of nitrogen functional groups attached to an aromatic ring is 1. The Morgan fingerprint density at radius 2 is 2.09 bits per heavy atom. The molecule has 120 valence electrons. The summed E-state index contributed by atoms with van der Waals surface area (Å²) < 4.78 is 26.4. The second-order valence-corrected chi connectivity index (χ2v) is 4.91. The SMILES string of the molecule is CC(/C(=C/Nc1ccc(F)cc1F)N=N)c1ccc(C(=N)N)[nH]1. The Kier molecular flexibility index (Phi) is 4.85. The zero-order chi connectivity index (χ0) is 17.0. The van der Waals surface area contributed by atoms with Gasteiger partial charge in [-0.2, -0.15) is 5.11 Å². The molecule has 1 heterocycles. The van der Waals surface area contributed by atoms with E-state index in [1.54, 1.807) is 19.1 Å². The monoisotopic (exact) mass is 318 g/mol. The molecule has 1 unspecified atom stereocenters. The number of hydrogen-bond acceptors (Lipinski definition) is 4. The lowest BCUT2D eigenvalue weighted by molar-refractivity contribution is 0.586. The van der Waals surface area contributed by atoms with Crippen molar-refractivity contribution >= 4 is 11.5 Å². The average Bonchev–Trinajstić information content (AvgIpc) is 2.99. The first-order valence-electron chi connectivity index (χ1n) is 6.74. The smallest absolute Gasteiger partial charge is 0.149 e. The third-order valence-electron chi connectivity index (χ3n) is 3.34. The number of allylic oxidation sites excluding steroid dienone is 1. The molecule has 2 aromatic rings. The van der Waals surface area contributed by atoms with Crippen LogP contribution in [0.15, 0.2) is 47.3 Å². The number of amidine groups is 1. The highest BCUT2D eigenvalue weighted by Crippen LogP contribution is 2.25. The lowest BCUT2D eigenvalue weighted by Crippen LogP contribution is -2.11. The number of aromatic nitrogens is 1. The zero-order valence-corrected chi connectivity index (χ0v) is 12.3. The Bertz CT molecular complexity index is 765. The van der Waals surface area contributed by atoms with Crippen LogP contribution in [-0.2, 0) is 0 Å². The molecule has 0 radical (unpaired) electrons. The fourth-order valence-electron chi connectivity index (χ4n) is 1.99. The van der Waals surface area contributed by atoms with Gasteiger partial charge in [0.05, 0.1) is 17.1 Å². The lowest BCUT2D eigenvalue weighted by Gasteiger charge is -2.11. The van der Waals surface area contributed by atoms with E-state index in [0.29, 0.717) is 17.1 Å². The number of benzene rings is 1. The third kappa shape index (κ3) is 3.79. The minimum Gasteiger partial charge on any atom is -0.382 e. The van der Waals surface area contributed by atoms with Crippen LogP contribution in [0.2, 0.25) is 0 Å². The fraction of sp³-hybridized carbons (Fsp3) is 0.133. The summed E-state index contributed by atoms with van der Waals surface area (Å²) in [5, 5.41) is 13.5. The number of aromatic amines is 1. The molecule has 1 atom stereocenters. The molecule has 0 saturated carbocycles. The van der Waals surface area contributed by atoms with Gasteiger partial charge in [0.25, 0.3) is 0 Å². The van der Waals surface area contributed by atoms with Crippen molar-refractivity contribution in [1.29, 1.82) is 10.9 Å². The second kappa shape index (κ2) is 6.82. The van der Waals surface area contributed by atoms with E-state index in [1.165, 1.54) is 12.3 Å². The van der Waals surface area contributed by atoms with Crippen LogP contribution in [-0.4, -0.2) is 10.8 Å². The van der Waals surface area contributed by atoms with Crippen LogP contribution in [0.25, 0.3) is 0 Å². The predicted molar refractivity (Wildman–Crippen MR) is 83.4 cm³/mol. The number of rotatable bonds is 6. The van der Waals surface area contributed by atoms with Crippen molar-refractivity contribution in [3.05, 3.63) is 65.3 Å². The van der Waals surface area contributed by atoms with Gasteiger partial charge in [-0.1, -0.05) is 6.92 Å². The maximum atomic E-state index is 13.6. The van der Waals surface area contributed by atoms with Crippen molar-refractivity contribution in [2.75, 3.05) is 5.32 Å². The van der Waals surface area contributed by atoms with Gasteiger partial charge in [0.2, 0.25) is 0 Å². The van der Waals surface area contributed by atoms with Gasteiger partial charge in [-0.15, -0.1) is 0 Å². The van der Waals surface area contributed by atoms with Gasteiger partial charge < -0.3 is 16.0 Å². The highest BCUT2D eigenvalue weighted by molar-refractivity contribution is 5.93. The van der Waals surface area contributed by atoms with Crippen molar-refractivity contribution in [2.24, 2.45) is 10.8 Å². The fourth-order valence-corrected chi connectivity index (χ4v) is 1.99. The van der Waals surface area contributed by atoms with E-state index in [9.17, 15) is 8.78 Å². The van der Waals surface area contributed by atoms with E-state index in [4.69, 9.17) is 16.7 Å². The highest BCUT2D eigenvalue weighted by atomic mass is 19.1. The first kappa shape index (κ1) is 16.3. The van der Waals surface area contributed by atoms with Crippen LogP contribution in [0.4, 0.5) is 14.5 Å². The molecule has 1 aromatic carbocycles. The van der Waals surface area contributed by atoms with Crippen molar-refractivity contribution in [3.63, 3.8) is 0 Å². The van der Waals surface area contributed by atoms with Crippen molar-refractivity contribution < 1.29 is 8.78 Å². The van der Waals surface area contributed by atoms with Gasteiger partial charge in [0.1, 0.15) is 17.5 Å². The van der Waals surface area contributed by atoms with Crippen LogP contribution >= 0.6 is 0 Å². The van der Waals surface area contributed by atoms with Gasteiger partial charge in [-0.25, -0.2) is 14.3 Å². The molecule has 0 fully saturated rings. The summed E-state index contributed by atoms with van der Waals surface area (Å²) in [6.45, 7) is 1.79. The molecule has 0 aliphatic rings. The van der Waals surface area contributed by atoms with Gasteiger partial charge in [-0.05, 0) is 24.3 Å². The molecule has 1 aromatic heterocycles. The summed E-state index contributed by atoms with van der Waals surface area (Å²) in [6.07, 6.45) is 1.38. The Morgan fingerprint density at radius 3 is 2.65 bits per heavy atom. The number of halogens is 2. The lowest BCUT2D eigenvalue weighted by atomic mass is 10.1. The maximum Gasteiger partial charge on any atom is 0.149 e.